The van der Waals surface area contributed by atoms with Crippen LogP contribution in [-0.2, 0) is 6.18 Å². The molecule has 0 saturated heterocycles. The van der Waals surface area contributed by atoms with Crippen molar-refractivity contribution in [3.05, 3.63) is 83.9 Å². The maximum atomic E-state index is 12.8. The summed E-state index contributed by atoms with van der Waals surface area (Å²) in [6.07, 6.45) is -5.54. The van der Waals surface area contributed by atoms with Gasteiger partial charge in [0.05, 0.1) is 5.56 Å². The Morgan fingerprint density at radius 3 is 2.18 bits per heavy atom. The van der Waals surface area contributed by atoms with Gasteiger partial charge < -0.3 is 20.6 Å². The number of para-hydroxylation sites is 1. The van der Waals surface area contributed by atoms with Crippen molar-refractivity contribution in [2.75, 3.05) is 25.5 Å². The van der Waals surface area contributed by atoms with E-state index in [2.05, 4.69) is 10.6 Å². The van der Waals surface area contributed by atoms with Crippen LogP contribution in [0.25, 0.3) is 11.1 Å². The van der Waals surface area contributed by atoms with Gasteiger partial charge in [-0.05, 0) is 48.0 Å². The SMILES string of the molecule is CN(CCNC(=O)O)C(=O)c1ccc(-c2ccccc2Nc2ccc(C(F)(F)F)cc2)cc1. The summed E-state index contributed by atoms with van der Waals surface area (Å²) in [6.45, 7) is 0.353. The lowest BCUT2D eigenvalue weighted by molar-refractivity contribution is -0.137. The van der Waals surface area contributed by atoms with E-state index in [4.69, 9.17) is 5.11 Å². The Morgan fingerprint density at radius 2 is 1.58 bits per heavy atom. The van der Waals surface area contributed by atoms with Gasteiger partial charge in [0, 0.05) is 42.6 Å². The maximum Gasteiger partial charge on any atom is 0.416 e. The molecule has 0 aliphatic rings. The van der Waals surface area contributed by atoms with Crippen LogP contribution in [0, 0.1) is 0 Å². The Bertz CT molecular complexity index is 1110. The number of hydrogen-bond donors (Lipinski definition) is 3. The van der Waals surface area contributed by atoms with E-state index < -0.39 is 17.8 Å². The standard InChI is InChI=1S/C24H22F3N3O3/c1-30(15-14-28-23(32)33)22(31)17-8-6-16(7-9-17)20-4-2-3-5-21(20)29-19-12-10-18(11-13-19)24(25,26)27/h2-13,28-29H,14-15H2,1H3,(H,32,33). The van der Waals surface area contributed by atoms with Gasteiger partial charge in [0.2, 0.25) is 0 Å². The van der Waals surface area contributed by atoms with Crippen molar-refractivity contribution in [3.8, 4) is 11.1 Å². The normalized spacial score (nSPS) is 11.0. The number of carboxylic acid groups (broad SMARTS) is 1. The van der Waals surface area contributed by atoms with Gasteiger partial charge in [0.1, 0.15) is 0 Å². The van der Waals surface area contributed by atoms with Gasteiger partial charge >= 0.3 is 12.3 Å². The lowest BCUT2D eigenvalue weighted by Crippen LogP contribution is -2.35. The van der Waals surface area contributed by atoms with E-state index in [0.717, 1.165) is 23.3 Å². The molecule has 3 N–H and O–H groups in total. The third-order valence-corrected chi connectivity index (χ3v) is 4.93. The summed E-state index contributed by atoms with van der Waals surface area (Å²) < 4.78 is 38.4. The molecule has 0 radical (unpaired) electrons. The van der Waals surface area contributed by atoms with E-state index in [1.54, 1.807) is 31.3 Å². The molecule has 9 heteroatoms. The maximum absolute atomic E-state index is 12.8. The van der Waals surface area contributed by atoms with E-state index >= 15 is 0 Å². The summed E-state index contributed by atoms with van der Waals surface area (Å²) in [4.78, 5) is 24.5. The van der Waals surface area contributed by atoms with Gasteiger partial charge in [0.25, 0.3) is 5.91 Å². The molecule has 3 aromatic carbocycles. The lowest BCUT2D eigenvalue weighted by Gasteiger charge is -2.17. The molecule has 0 aromatic heterocycles. The number of carbonyl (C=O) groups excluding carboxylic acids is 1. The molecule has 0 heterocycles. The molecule has 172 valence electrons. The van der Waals surface area contributed by atoms with Crippen LogP contribution < -0.4 is 10.6 Å². The Morgan fingerprint density at radius 1 is 0.939 bits per heavy atom. The third kappa shape index (κ3) is 6.25. The summed E-state index contributed by atoms with van der Waals surface area (Å²) >= 11 is 0. The van der Waals surface area contributed by atoms with E-state index in [-0.39, 0.29) is 19.0 Å². The second kappa shape index (κ2) is 10.1. The predicted molar refractivity (Wildman–Crippen MR) is 120 cm³/mol. The molecule has 0 spiro atoms. The number of carbonyl (C=O) groups is 2. The zero-order chi connectivity index (χ0) is 24.0. The third-order valence-electron chi connectivity index (χ3n) is 4.93. The van der Waals surface area contributed by atoms with E-state index in [1.165, 1.54) is 17.0 Å². The molecular weight excluding hydrogens is 435 g/mol. The highest BCUT2D eigenvalue weighted by Crippen LogP contribution is 2.33. The summed E-state index contributed by atoms with van der Waals surface area (Å²) in [6, 6.07) is 19.0. The average molecular weight is 457 g/mol. The van der Waals surface area contributed by atoms with Crippen LogP contribution >= 0.6 is 0 Å². The number of alkyl halides is 3. The predicted octanol–water partition coefficient (Wildman–Crippen LogP) is 5.46. The number of nitrogens with one attached hydrogen (secondary N) is 2. The van der Waals surface area contributed by atoms with E-state index in [9.17, 15) is 22.8 Å². The first-order chi connectivity index (χ1) is 15.6. The monoisotopic (exact) mass is 457 g/mol. The number of nitrogens with zero attached hydrogens (tertiary/aromatic N) is 1. The first-order valence-corrected chi connectivity index (χ1v) is 10.0. The van der Waals surface area contributed by atoms with Gasteiger partial charge in [-0.25, -0.2) is 4.79 Å². The van der Waals surface area contributed by atoms with Crippen LogP contribution in [0.2, 0.25) is 0 Å². The van der Waals surface area contributed by atoms with Crippen molar-refractivity contribution < 1.29 is 27.9 Å². The van der Waals surface area contributed by atoms with Crippen LogP contribution in [0.15, 0.2) is 72.8 Å². The van der Waals surface area contributed by atoms with Gasteiger partial charge in [-0.1, -0.05) is 30.3 Å². The number of anilines is 2. The van der Waals surface area contributed by atoms with E-state index in [1.807, 2.05) is 24.3 Å². The Hall–Kier alpha value is -4.01. The van der Waals surface area contributed by atoms with Gasteiger partial charge in [-0.3, -0.25) is 4.79 Å². The number of benzene rings is 3. The second-order valence-electron chi connectivity index (χ2n) is 7.28. The van der Waals surface area contributed by atoms with Crippen molar-refractivity contribution in [2.24, 2.45) is 0 Å². The molecule has 0 bridgehead atoms. The van der Waals surface area contributed by atoms with Crippen molar-refractivity contribution in [1.82, 2.24) is 10.2 Å². The highest BCUT2D eigenvalue weighted by Gasteiger charge is 2.29. The fraction of sp³-hybridized carbons (Fsp3) is 0.167. The molecule has 6 nitrogen and oxygen atoms in total. The molecule has 3 aromatic rings. The highest BCUT2D eigenvalue weighted by atomic mass is 19.4. The molecule has 0 saturated carbocycles. The first-order valence-electron chi connectivity index (χ1n) is 10.0. The number of hydrogen-bond acceptors (Lipinski definition) is 3. The number of amides is 2. The number of halogens is 3. The van der Waals surface area contributed by atoms with E-state index in [0.29, 0.717) is 16.9 Å². The summed E-state index contributed by atoms with van der Waals surface area (Å²) in [7, 11) is 1.59. The van der Waals surface area contributed by atoms with Crippen LogP contribution in [0.4, 0.5) is 29.3 Å². The van der Waals surface area contributed by atoms with Gasteiger partial charge in [-0.15, -0.1) is 0 Å². The van der Waals surface area contributed by atoms with Crippen LogP contribution in [0.1, 0.15) is 15.9 Å². The highest BCUT2D eigenvalue weighted by molar-refractivity contribution is 5.95. The molecule has 0 atom stereocenters. The molecule has 0 aliphatic carbocycles. The molecule has 0 unspecified atom stereocenters. The summed E-state index contributed by atoms with van der Waals surface area (Å²) in [5, 5.41) is 14.0. The summed E-state index contributed by atoms with van der Waals surface area (Å²) in [5.41, 5.74) is 2.58. The minimum atomic E-state index is -4.39. The van der Waals surface area contributed by atoms with Crippen LogP contribution in [0.5, 0.6) is 0 Å². The molecular formula is C24H22F3N3O3. The zero-order valence-electron chi connectivity index (χ0n) is 17.7. The average Bonchev–Trinajstić information content (AvgIpc) is 2.78. The van der Waals surface area contributed by atoms with Gasteiger partial charge in [-0.2, -0.15) is 13.2 Å². The van der Waals surface area contributed by atoms with Crippen molar-refractivity contribution in [1.29, 1.82) is 0 Å². The van der Waals surface area contributed by atoms with Crippen molar-refractivity contribution in [2.45, 2.75) is 6.18 Å². The van der Waals surface area contributed by atoms with Gasteiger partial charge in [0.15, 0.2) is 0 Å². The first kappa shape index (κ1) is 23.6. The topological polar surface area (TPSA) is 81.7 Å². The Kier molecular flexibility index (Phi) is 7.22. The minimum absolute atomic E-state index is 0.124. The van der Waals surface area contributed by atoms with Crippen LogP contribution in [0.3, 0.4) is 0 Å². The van der Waals surface area contributed by atoms with Crippen LogP contribution in [-0.4, -0.2) is 42.1 Å². The summed E-state index contributed by atoms with van der Waals surface area (Å²) in [5.74, 6) is -0.245. The Labute approximate surface area is 188 Å². The lowest BCUT2D eigenvalue weighted by atomic mass is 10.0. The number of rotatable bonds is 7. The van der Waals surface area contributed by atoms with Crippen molar-refractivity contribution >= 4 is 23.4 Å². The Balaban J connectivity index is 1.74. The van der Waals surface area contributed by atoms with Crippen molar-refractivity contribution in [3.63, 3.8) is 0 Å². The molecule has 0 aliphatic heterocycles. The zero-order valence-corrected chi connectivity index (χ0v) is 17.7. The number of likely N-dealkylation sites (N-methyl/N-ethyl adjacent to an activating group) is 1. The molecule has 0 fully saturated rings. The molecule has 2 amide bonds. The second-order valence-corrected chi connectivity index (χ2v) is 7.28. The fourth-order valence-electron chi connectivity index (χ4n) is 3.19. The molecule has 3 rings (SSSR count). The quantitative estimate of drug-likeness (QED) is 0.440. The molecule has 33 heavy (non-hydrogen) atoms. The fourth-order valence-corrected chi connectivity index (χ4v) is 3.19. The largest absolute Gasteiger partial charge is 0.465 e. The minimum Gasteiger partial charge on any atom is -0.465 e. The smallest absolute Gasteiger partial charge is 0.416 e.